The normalized spacial score (nSPS) is 8.30. The molecule has 0 aliphatic rings. The van der Waals surface area contributed by atoms with Crippen LogP contribution < -0.4 is 26.1 Å². The van der Waals surface area contributed by atoms with Gasteiger partial charge < -0.3 is 30.7 Å². The monoisotopic (exact) mass is 211 g/mol. The molecule has 0 atom stereocenters. The molecule has 0 bridgehead atoms. The maximum Gasteiger partial charge on any atom is 3.00 e. The molecule has 0 saturated carbocycles. The second-order valence-corrected chi connectivity index (χ2v) is 1.74. The average Bonchev–Trinajstić information content (AvgIpc) is 1.19. The summed E-state index contributed by atoms with van der Waals surface area (Å²) in [4.78, 5) is 34.6. The number of phosphoric acid groups is 1. The molecule has 0 spiro atoms. The van der Waals surface area contributed by atoms with E-state index in [1.807, 2.05) is 0 Å². The Morgan fingerprint density at radius 2 is 1.20 bits per heavy atom. The molecule has 0 aromatic carbocycles. The topological polar surface area (TPSA) is 155 Å². The molecular weight excluding hydrogens is 207 g/mol. The fourth-order valence-electron chi connectivity index (χ4n) is 0. The zero-order valence-electron chi connectivity index (χ0n) is 4.50. The summed E-state index contributed by atoms with van der Waals surface area (Å²) < 4.78 is 8.55. The molecule has 1 radical (unpaired) electrons. The molecule has 2 amide bonds. The van der Waals surface area contributed by atoms with Crippen LogP contribution in [0.5, 0.6) is 0 Å². The van der Waals surface area contributed by atoms with Crippen LogP contribution >= 0.6 is 7.82 Å². The number of carbonyl (C=O) groups is 1. The van der Waals surface area contributed by atoms with Crippen molar-refractivity contribution in [1.29, 1.82) is 0 Å². The minimum Gasteiger partial charge on any atom is -0.822 e. The Bertz CT molecular complexity index is 119. The molecular formula is CH4FeN2O5P. The molecule has 0 saturated heterocycles. The number of urea groups is 1. The van der Waals surface area contributed by atoms with Crippen LogP contribution in [0.3, 0.4) is 0 Å². The molecule has 9 heteroatoms. The van der Waals surface area contributed by atoms with Crippen LogP contribution in [0, 0.1) is 0 Å². The predicted octanol–water partition coefficient (Wildman–Crippen LogP) is -3.80. The van der Waals surface area contributed by atoms with Crippen LogP contribution in [0.2, 0.25) is 0 Å². The van der Waals surface area contributed by atoms with Crippen molar-refractivity contribution in [3.63, 3.8) is 0 Å². The second-order valence-electron chi connectivity index (χ2n) is 0.850. The third-order valence-corrected chi connectivity index (χ3v) is 0. The Hall–Kier alpha value is -0.101. The van der Waals surface area contributed by atoms with E-state index in [-0.39, 0.29) is 17.1 Å². The van der Waals surface area contributed by atoms with Gasteiger partial charge in [-0.3, -0.25) is 0 Å². The van der Waals surface area contributed by atoms with Crippen LogP contribution in [0.25, 0.3) is 0 Å². The second kappa shape index (κ2) is 7.01. The fraction of sp³-hybridized carbons (Fsp3) is 0. The first-order chi connectivity index (χ1) is 3.73. The molecule has 10 heavy (non-hydrogen) atoms. The molecule has 0 aromatic rings. The SMILES string of the molecule is NC(N)=O.O=P([O-])([O-])[O-].[Fe+3]. The number of carbonyl (C=O) groups excluding carboxylic acids is 1. The molecule has 0 aliphatic carbocycles. The molecule has 0 fully saturated rings. The van der Waals surface area contributed by atoms with Gasteiger partial charge >= 0.3 is 23.1 Å². The fourth-order valence-corrected chi connectivity index (χ4v) is 0. The summed E-state index contributed by atoms with van der Waals surface area (Å²) in [5, 5.41) is 0. The third kappa shape index (κ3) is 37200. The van der Waals surface area contributed by atoms with Gasteiger partial charge in [-0.2, -0.15) is 7.82 Å². The Labute approximate surface area is 67.1 Å². The van der Waals surface area contributed by atoms with E-state index in [1.165, 1.54) is 0 Å². The van der Waals surface area contributed by atoms with Gasteiger partial charge in [-0.05, 0) is 0 Å². The summed E-state index contributed by atoms with van der Waals surface area (Å²) in [6.45, 7) is 0. The van der Waals surface area contributed by atoms with E-state index < -0.39 is 13.9 Å². The number of amides is 2. The van der Waals surface area contributed by atoms with E-state index in [4.69, 9.17) is 24.0 Å². The van der Waals surface area contributed by atoms with Crippen LogP contribution in [0.4, 0.5) is 4.79 Å². The zero-order valence-corrected chi connectivity index (χ0v) is 6.50. The van der Waals surface area contributed by atoms with E-state index in [0.717, 1.165) is 0 Å². The van der Waals surface area contributed by atoms with Gasteiger partial charge in [0.15, 0.2) is 0 Å². The minimum atomic E-state index is -5.39. The molecule has 61 valence electrons. The Kier molecular flexibility index (Phi) is 11.5. The quantitative estimate of drug-likeness (QED) is 0.310. The third-order valence-electron chi connectivity index (χ3n) is 0. The summed E-state index contributed by atoms with van der Waals surface area (Å²) in [5.41, 5.74) is 8.50. The van der Waals surface area contributed by atoms with E-state index in [1.54, 1.807) is 0 Å². The zero-order chi connectivity index (χ0) is 8.08. The first-order valence-corrected chi connectivity index (χ1v) is 2.97. The number of primary amides is 2. The largest absolute Gasteiger partial charge is 3.00 e. The first kappa shape index (κ1) is 16.5. The van der Waals surface area contributed by atoms with Gasteiger partial charge in [-0.1, -0.05) is 0 Å². The summed E-state index contributed by atoms with van der Waals surface area (Å²) in [7, 11) is -5.39. The van der Waals surface area contributed by atoms with E-state index in [2.05, 4.69) is 11.5 Å². The Morgan fingerprint density at radius 1 is 1.20 bits per heavy atom. The summed E-state index contributed by atoms with van der Waals surface area (Å²) in [6, 6.07) is -0.833. The Balaban J connectivity index is -0.0000000910. The standard InChI is InChI=1S/CH4N2O.Fe.H3O4P/c2-1(3)4;;1-5(2,3)4/h(H4,2,3,4);;(H3,1,2,3,4)/q;+3;/p-3. The van der Waals surface area contributed by atoms with E-state index >= 15 is 0 Å². The minimum absolute atomic E-state index is 0. The molecule has 0 aromatic heterocycles. The van der Waals surface area contributed by atoms with E-state index in [9.17, 15) is 0 Å². The maximum atomic E-state index is 9.00. The van der Waals surface area contributed by atoms with Crippen LogP contribution in [0.1, 0.15) is 0 Å². The van der Waals surface area contributed by atoms with Crippen molar-refractivity contribution in [3.05, 3.63) is 0 Å². The van der Waals surface area contributed by atoms with Crippen molar-refractivity contribution in [2.24, 2.45) is 11.5 Å². The van der Waals surface area contributed by atoms with Crippen molar-refractivity contribution in [1.82, 2.24) is 0 Å². The maximum absolute atomic E-state index is 9.00. The summed E-state index contributed by atoms with van der Waals surface area (Å²) in [6.07, 6.45) is 0. The van der Waals surface area contributed by atoms with Crippen molar-refractivity contribution in [2.45, 2.75) is 0 Å². The van der Waals surface area contributed by atoms with Crippen molar-refractivity contribution in [2.75, 3.05) is 0 Å². The van der Waals surface area contributed by atoms with Gasteiger partial charge in [0.2, 0.25) is 0 Å². The van der Waals surface area contributed by atoms with Crippen molar-refractivity contribution < 1.29 is 41.1 Å². The Morgan fingerprint density at radius 3 is 1.20 bits per heavy atom. The van der Waals surface area contributed by atoms with Crippen molar-refractivity contribution in [3.8, 4) is 0 Å². The van der Waals surface area contributed by atoms with Gasteiger partial charge in [0.25, 0.3) is 0 Å². The van der Waals surface area contributed by atoms with Gasteiger partial charge in [0, 0.05) is 0 Å². The summed E-state index contributed by atoms with van der Waals surface area (Å²) >= 11 is 0. The summed E-state index contributed by atoms with van der Waals surface area (Å²) in [5.74, 6) is 0. The van der Waals surface area contributed by atoms with Crippen LogP contribution in [-0.2, 0) is 21.6 Å². The van der Waals surface area contributed by atoms with Gasteiger partial charge in [0.1, 0.15) is 0 Å². The number of nitrogens with two attached hydrogens (primary N) is 2. The van der Waals surface area contributed by atoms with Crippen LogP contribution in [-0.4, -0.2) is 6.03 Å². The molecule has 4 N–H and O–H groups in total. The number of rotatable bonds is 0. The van der Waals surface area contributed by atoms with Gasteiger partial charge in [0.05, 0.1) is 0 Å². The molecule has 7 nitrogen and oxygen atoms in total. The van der Waals surface area contributed by atoms with Gasteiger partial charge in [-0.25, -0.2) is 4.79 Å². The predicted molar refractivity (Wildman–Crippen MR) is 21.4 cm³/mol. The van der Waals surface area contributed by atoms with Crippen LogP contribution in [0.15, 0.2) is 0 Å². The number of hydrogen-bond donors (Lipinski definition) is 2. The molecule has 0 heterocycles. The molecule has 0 aliphatic heterocycles. The first-order valence-electron chi connectivity index (χ1n) is 1.51. The van der Waals surface area contributed by atoms with Gasteiger partial charge in [-0.15, -0.1) is 0 Å². The average molecular weight is 211 g/mol. The van der Waals surface area contributed by atoms with E-state index in [0.29, 0.717) is 0 Å². The van der Waals surface area contributed by atoms with Crippen molar-refractivity contribution >= 4 is 13.9 Å². The molecule has 0 unspecified atom stereocenters. The molecule has 0 rings (SSSR count). The smallest absolute Gasteiger partial charge is 0.822 e. The number of hydrogen-bond acceptors (Lipinski definition) is 5.